The monoisotopic (exact) mass is 333 g/mol. The van der Waals surface area contributed by atoms with Crippen molar-refractivity contribution in [2.45, 2.75) is 6.54 Å². The second-order valence-electron chi connectivity index (χ2n) is 4.42. The Labute approximate surface area is 136 Å². The number of pyridine rings is 1. The molecule has 0 saturated heterocycles. The molecule has 2 N–H and O–H groups in total. The first kappa shape index (κ1) is 15.0. The fourth-order valence-electron chi connectivity index (χ4n) is 1.81. The molecule has 7 heteroatoms. The maximum absolute atomic E-state index is 8.69. The van der Waals surface area contributed by atoms with Gasteiger partial charge in [0.15, 0.2) is 0 Å². The van der Waals surface area contributed by atoms with Gasteiger partial charge in [0.25, 0.3) is 0 Å². The molecule has 0 amide bonds. The molecule has 0 unspecified atom stereocenters. The zero-order valence-electron chi connectivity index (χ0n) is 11.7. The highest BCUT2D eigenvalue weighted by molar-refractivity contribution is 7.20. The molecule has 3 aromatic rings. The van der Waals surface area contributed by atoms with E-state index in [0.29, 0.717) is 12.4 Å². The lowest BCUT2D eigenvalue weighted by atomic mass is 10.4. The number of aliphatic hydroxyl groups is 1. The van der Waals surface area contributed by atoms with Gasteiger partial charge in [0, 0.05) is 17.1 Å². The molecule has 0 atom stereocenters. The Kier molecular flexibility index (Phi) is 4.99. The van der Waals surface area contributed by atoms with Crippen LogP contribution in [0.5, 0.6) is 5.88 Å². The van der Waals surface area contributed by atoms with Gasteiger partial charge in [-0.3, -0.25) is 0 Å². The summed E-state index contributed by atoms with van der Waals surface area (Å²) in [6.07, 6.45) is 3.62. The SMILES string of the molecule is OCCOc1ccc(NCc2cnc(-c3cccs3)s2)cn1. The van der Waals surface area contributed by atoms with Crippen LogP contribution < -0.4 is 10.1 Å². The van der Waals surface area contributed by atoms with Gasteiger partial charge in [-0.25, -0.2) is 9.97 Å². The molecule has 114 valence electrons. The number of aromatic nitrogens is 2. The average Bonchev–Trinajstić information content (AvgIpc) is 3.23. The summed E-state index contributed by atoms with van der Waals surface area (Å²) in [5, 5.41) is 15.1. The second-order valence-corrected chi connectivity index (χ2v) is 6.48. The van der Waals surface area contributed by atoms with Crippen LogP contribution in [0.4, 0.5) is 5.69 Å². The first-order valence-corrected chi connectivity index (χ1v) is 8.47. The molecule has 3 rings (SSSR count). The Morgan fingerprint density at radius 3 is 2.86 bits per heavy atom. The van der Waals surface area contributed by atoms with E-state index in [-0.39, 0.29) is 13.2 Å². The van der Waals surface area contributed by atoms with Crippen LogP contribution >= 0.6 is 22.7 Å². The summed E-state index contributed by atoms with van der Waals surface area (Å²) in [7, 11) is 0. The van der Waals surface area contributed by atoms with Crippen molar-refractivity contribution in [3.63, 3.8) is 0 Å². The highest BCUT2D eigenvalue weighted by atomic mass is 32.1. The van der Waals surface area contributed by atoms with Crippen molar-refractivity contribution in [2.75, 3.05) is 18.5 Å². The molecule has 0 aliphatic rings. The molecule has 5 nitrogen and oxygen atoms in total. The predicted molar refractivity (Wildman–Crippen MR) is 89.6 cm³/mol. The van der Waals surface area contributed by atoms with E-state index in [1.54, 1.807) is 34.9 Å². The van der Waals surface area contributed by atoms with Crippen LogP contribution in [-0.2, 0) is 6.54 Å². The molecule has 22 heavy (non-hydrogen) atoms. The number of nitrogens with zero attached hydrogens (tertiary/aromatic N) is 2. The molecular formula is C15H15N3O2S2. The van der Waals surface area contributed by atoms with Crippen molar-refractivity contribution >= 4 is 28.4 Å². The van der Waals surface area contributed by atoms with E-state index in [4.69, 9.17) is 9.84 Å². The van der Waals surface area contributed by atoms with E-state index in [2.05, 4.69) is 26.7 Å². The molecule has 0 aliphatic heterocycles. The topological polar surface area (TPSA) is 67.3 Å². The minimum absolute atomic E-state index is 0.0143. The molecule has 0 radical (unpaired) electrons. The van der Waals surface area contributed by atoms with E-state index < -0.39 is 0 Å². The van der Waals surface area contributed by atoms with Gasteiger partial charge < -0.3 is 15.2 Å². The Morgan fingerprint density at radius 1 is 1.18 bits per heavy atom. The number of hydrogen-bond donors (Lipinski definition) is 2. The highest BCUT2D eigenvalue weighted by Crippen LogP contribution is 2.29. The van der Waals surface area contributed by atoms with Crippen molar-refractivity contribution in [1.82, 2.24) is 9.97 Å². The maximum Gasteiger partial charge on any atom is 0.213 e. The molecule has 0 saturated carbocycles. The van der Waals surface area contributed by atoms with E-state index in [9.17, 15) is 0 Å². The zero-order valence-corrected chi connectivity index (χ0v) is 13.4. The molecular weight excluding hydrogens is 318 g/mol. The van der Waals surface area contributed by atoms with Crippen LogP contribution in [0.1, 0.15) is 4.88 Å². The van der Waals surface area contributed by atoms with Gasteiger partial charge in [-0.15, -0.1) is 22.7 Å². The number of ether oxygens (including phenoxy) is 1. The maximum atomic E-state index is 8.69. The van der Waals surface area contributed by atoms with Crippen molar-refractivity contribution in [2.24, 2.45) is 0 Å². The van der Waals surface area contributed by atoms with Crippen molar-refractivity contribution in [3.05, 3.63) is 46.9 Å². The van der Waals surface area contributed by atoms with Crippen LogP contribution in [0.25, 0.3) is 9.88 Å². The fraction of sp³-hybridized carbons (Fsp3) is 0.200. The highest BCUT2D eigenvalue weighted by Gasteiger charge is 2.05. The van der Waals surface area contributed by atoms with Gasteiger partial charge in [-0.05, 0) is 17.5 Å². The number of hydrogen-bond acceptors (Lipinski definition) is 7. The summed E-state index contributed by atoms with van der Waals surface area (Å²) >= 11 is 3.39. The first-order chi connectivity index (χ1) is 10.8. The predicted octanol–water partition coefficient (Wildman–Crippen LogP) is 3.25. The van der Waals surface area contributed by atoms with Gasteiger partial charge in [-0.2, -0.15) is 0 Å². The van der Waals surface area contributed by atoms with Crippen LogP contribution in [0.3, 0.4) is 0 Å². The summed E-state index contributed by atoms with van der Waals surface area (Å²) in [5.74, 6) is 0.511. The summed E-state index contributed by atoms with van der Waals surface area (Å²) in [5.41, 5.74) is 0.919. The third-order valence-electron chi connectivity index (χ3n) is 2.83. The van der Waals surface area contributed by atoms with Crippen molar-refractivity contribution in [3.8, 4) is 15.8 Å². The van der Waals surface area contributed by atoms with Gasteiger partial charge in [0.2, 0.25) is 5.88 Å². The van der Waals surface area contributed by atoms with Gasteiger partial charge in [-0.1, -0.05) is 6.07 Å². The summed E-state index contributed by atoms with van der Waals surface area (Å²) in [6.45, 7) is 0.952. The summed E-state index contributed by atoms with van der Waals surface area (Å²) < 4.78 is 5.22. The smallest absolute Gasteiger partial charge is 0.213 e. The molecule has 3 heterocycles. The van der Waals surface area contributed by atoms with Crippen LogP contribution in [0.2, 0.25) is 0 Å². The van der Waals surface area contributed by atoms with Gasteiger partial charge in [0.05, 0.1) is 29.9 Å². The molecule has 0 bridgehead atoms. The number of thiazole rings is 1. The van der Waals surface area contributed by atoms with E-state index in [0.717, 1.165) is 10.7 Å². The van der Waals surface area contributed by atoms with Gasteiger partial charge >= 0.3 is 0 Å². The molecule has 0 aliphatic carbocycles. The lowest BCUT2D eigenvalue weighted by molar-refractivity contribution is 0.196. The quantitative estimate of drug-likeness (QED) is 0.695. The van der Waals surface area contributed by atoms with Crippen molar-refractivity contribution < 1.29 is 9.84 Å². The van der Waals surface area contributed by atoms with E-state index in [1.165, 1.54) is 9.75 Å². The van der Waals surface area contributed by atoms with E-state index in [1.807, 2.05) is 18.3 Å². The van der Waals surface area contributed by atoms with Crippen LogP contribution in [0, 0.1) is 0 Å². The number of aliphatic hydroxyl groups excluding tert-OH is 1. The first-order valence-electron chi connectivity index (χ1n) is 6.77. The molecule has 3 aromatic heterocycles. The van der Waals surface area contributed by atoms with E-state index >= 15 is 0 Å². The Hall–Kier alpha value is -1.96. The number of nitrogens with one attached hydrogen (secondary N) is 1. The number of rotatable bonds is 7. The molecule has 0 fully saturated rings. The van der Waals surface area contributed by atoms with Crippen LogP contribution in [0.15, 0.2) is 42.0 Å². The van der Waals surface area contributed by atoms with Gasteiger partial charge in [0.1, 0.15) is 11.6 Å². The Balaban J connectivity index is 1.56. The summed E-state index contributed by atoms with van der Waals surface area (Å²) in [6, 6.07) is 7.80. The minimum Gasteiger partial charge on any atom is -0.475 e. The second kappa shape index (κ2) is 7.35. The number of thiophene rings is 1. The Bertz CT molecular complexity index is 696. The Morgan fingerprint density at radius 2 is 2.14 bits per heavy atom. The number of anilines is 1. The lowest BCUT2D eigenvalue weighted by Gasteiger charge is -2.06. The average molecular weight is 333 g/mol. The molecule has 0 aromatic carbocycles. The normalized spacial score (nSPS) is 10.6. The standard InChI is InChI=1S/C15H15N3O2S2/c19-5-6-20-14-4-3-11(8-17-14)16-9-12-10-18-15(22-12)13-2-1-7-21-13/h1-4,7-8,10,16,19H,5-6,9H2. The fourth-order valence-corrected chi connectivity index (χ4v) is 3.47. The largest absolute Gasteiger partial charge is 0.475 e. The third-order valence-corrected chi connectivity index (χ3v) is 4.87. The molecule has 0 spiro atoms. The lowest BCUT2D eigenvalue weighted by Crippen LogP contribution is -2.03. The van der Waals surface area contributed by atoms with Crippen LogP contribution in [-0.4, -0.2) is 28.3 Å². The summed E-state index contributed by atoms with van der Waals surface area (Å²) in [4.78, 5) is 11.0. The minimum atomic E-state index is -0.0143. The van der Waals surface area contributed by atoms with Crippen molar-refractivity contribution in [1.29, 1.82) is 0 Å². The third kappa shape index (κ3) is 3.82. The zero-order chi connectivity index (χ0) is 15.2.